The lowest BCUT2D eigenvalue weighted by atomic mass is 9.74. The third-order valence-corrected chi connectivity index (χ3v) is 5.79. The number of urea groups is 1. The quantitative estimate of drug-likeness (QED) is 0.753. The van der Waals surface area contributed by atoms with Crippen LogP contribution in [0.15, 0.2) is 29.2 Å². The Hall–Kier alpha value is -2.47. The lowest BCUT2D eigenvalue weighted by molar-refractivity contribution is 0.0781. The molecular formula is C20H22ClN3O3. The topological polar surface area (TPSA) is 74.6 Å². The van der Waals surface area contributed by atoms with Crippen LogP contribution in [0.1, 0.15) is 48.2 Å². The zero-order valence-electron chi connectivity index (χ0n) is 15.2. The highest BCUT2D eigenvalue weighted by Gasteiger charge is 2.43. The highest BCUT2D eigenvalue weighted by atomic mass is 35.5. The summed E-state index contributed by atoms with van der Waals surface area (Å²) in [4.78, 5) is 26.5. The maximum Gasteiger partial charge on any atom is 0.319 e. The van der Waals surface area contributed by atoms with Crippen molar-refractivity contribution in [2.75, 3.05) is 18.9 Å². The Labute approximate surface area is 162 Å². The third-order valence-electron chi connectivity index (χ3n) is 5.50. The van der Waals surface area contributed by atoms with Gasteiger partial charge in [0.25, 0.3) is 5.91 Å². The minimum atomic E-state index is -0.510. The van der Waals surface area contributed by atoms with Gasteiger partial charge in [0.05, 0.1) is 16.2 Å². The molecule has 4 rings (SSSR count). The summed E-state index contributed by atoms with van der Waals surface area (Å²) in [6.45, 7) is 4.09. The van der Waals surface area contributed by atoms with Crippen LogP contribution in [0.25, 0.3) is 11.0 Å². The number of nitrogens with zero attached hydrogens (tertiary/aromatic N) is 1. The van der Waals surface area contributed by atoms with Crippen molar-refractivity contribution in [3.05, 3.63) is 41.1 Å². The summed E-state index contributed by atoms with van der Waals surface area (Å²) >= 11 is 6.50. The Morgan fingerprint density at radius 2 is 2.11 bits per heavy atom. The van der Waals surface area contributed by atoms with Gasteiger partial charge in [-0.05, 0) is 25.0 Å². The van der Waals surface area contributed by atoms with Crippen LogP contribution >= 0.6 is 11.6 Å². The Kier molecular flexibility index (Phi) is 4.38. The van der Waals surface area contributed by atoms with Crippen molar-refractivity contribution < 1.29 is 14.0 Å². The first kappa shape index (κ1) is 17.9. The maximum atomic E-state index is 12.6. The number of benzene rings is 1. The first-order chi connectivity index (χ1) is 12.9. The second-order valence-electron chi connectivity index (χ2n) is 7.33. The molecule has 2 aromatic rings. The first-order valence-electron chi connectivity index (χ1n) is 9.17. The predicted octanol–water partition coefficient (Wildman–Crippen LogP) is 4.64. The van der Waals surface area contributed by atoms with Crippen molar-refractivity contribution in [3.8, 4) is 0 Å². The zero-order valence-corrected chi connectivity index (χ0v) is 16.0. The van der Waals surface area contributed by atoms with Crippen LogP contribution in [0.5, 0.6) is 0 Å². The van der Waals surface area contributed by atoms with Crippen LogP contribution in [-0.4, -0.2) is 30.4 Å². The van der Waals surface area contributed by atoms with Crippen molar-refractivity contribution in [1.29, 1.82) is 0 Å². The molecule has 1 spiro atoms. The van der Waals surface area contributed by atoms with Crippen LogP contribution in [-0.2, 0) is 5.54 Å². The van der Waals surface area contributed by atoms with Gasteiger partial charge in [-0.25, -0.2) is 4.79 Å². The van der Waals surface area contributed by atoms with E-state index in [1.165, 1.54) is 4.90 Å². The number of halogens is 1. The fourth-order valence-corrected chi connectivity index (χ4v) is 4.51. The van der Waals surface area contributed by atoms with E-state index >= 15 is 0 Å². The number of rotatable bonds is 3. The molecule has 1 aliphatic carbocycles. The van der Waals surface area contributed by atoms with E-state index in [0.29, 0.717) is 22.8 Å². The average molecular weight is 388 g/mol. The van der Waals surface area contributed by atoms with E-state index in [4.69, 9.17) is 16.0 Å². The molecule has 0 radical (unpaired) electrons. The number of fused-ring (bicyclic) bond motifs is 4. The molecule has 1 saturated carbocycles. The van der Waals surface area contributed by atoms with Gasteiger partial charge in [-0.3, -0.25) is 4.79 Å². The number of amides is 3. The molecule has 1 aliphatic heterocycles. The molecule has 3 amide bonds. The molecule has 0 unspecified atom stereocenters. The smallest absolute Gasteiger partial charge is 0.319 e. The highest BCUT2D eigenvalue weighted by Crippen LogP contribution is 2.48. The van der Waals surface area contributed by atoms with E-state index in [1.54, 1.807) is 25.3 Å². The molecule has 2 heterocycles. The number of furan rings is 1. The van der Waals surface area contributed by atoms with Gasteiger partial charge >= 0.3 is 6.03 Å². The summed E-state index contributed by atoms with van der Waals surface area (Å²) in [6, 6.07) is 3.21. The van der Waals surface area contributed by atoms with Crippen molar-refractivity contribution in [2.24, 2.45) is 0 Å². The van der Waals surface area contributed by atoms with Crippen LogP contribution < -0.4 is 10.6 Å². The minimum absolute atomic E-state index is 0.221. The molecule has 0 bridgehead atoms. The Balaban J connectivity index is 1.90. The van der Waals surface area contributed by atoms with Crippen LogP contribution in [0, 0.1) is 0 Å². The normalized spacial score (nSPS) is 17.9. The molecule has 142 valence electrons. The van der Waals surface area contributed by atoms with E-state index < -0.39 is 5.54 Å². The molecule has 1 aromatic heterocycles. The van der Waals surface area contributed by atoms with Crippen LogP contribution in [0.3, 0.4) is 0 Å². The second kappa shape index (κ2) is 6.60. The highest BCUT2D eigenvalue weighted by molar-refractivity contribution is 6.35. The van der Waals surface area contributed by atoms with Gasteiger partial charge in [-0.15, -0.1) is 6.58 Å². The molecule has 0 atom stereocenters. The number of anilines is 1. The lowest BCUT2D eigenvalue weighted by Crippen LogP contribution is -2.52. The molecule has 2 aliphatic rings. The Morgan fingerprint density at radius 1 is 1.37 bits per heavy atom. The van der Waals surface area contributed by atoms with Gasteiger partial charge in [-0.1, -0.05) is 36.9 Å². The summed E-state index contributed by atoms with van der Waals surface area (Å²) in [5.41, 5.74) is 1.54. The minimum Gasteiger partial charge on any atom is -0.450 e. The van der Waals surface area contributed by atoms with Crippen LogP contribution in [0.2, 0.25) is 5.02 Å². The van der Waals surface area contributed by atoms with Crippen molar-refractivity contribution >= 4 is 40.2 Å². The Morgan fingerprint density at radius 3 is 2.81 bits per heavy atom. The maximum absolute atomic E-state index is 12.6. The fraction of sp³-hybridized carbons (Fsp3) is 0.400. The van der Waals surface area contributed by atoms with E-state index in [0.717, 1.165) is 43.1 Å². The molecule has 0 saturated heterocycles. The summed E-state index contributed by atoms with van der Waals surface area (Å²) in [6.07, 6.45) is 6.48. The molecule has 27 heavy (non-hydrogen) atoms. The summed E-state index contributed by atoms with van der Waals surface area (Å²) < 4.78 is 6.04. The fourth-order valence-electron chi connectivity index (χ4n) is 4.25. The van der Waals surface area contributed by atoms with E-state index in [-0.39, 0.29) is 17.7 Å². The van der Waals surface area contributed by atoms with Gasteiger partial charge < -0.3 is 20.0 Å². The summed E-state index contributed by atoms with van der Waals surface area (Å²) in [5.74, 6) is 0.0307. The summed E-state index contributed by atoms with van der Waals surface area (Å²) in [7, 11) is 1.70. The predicted molar refractivity (Wildman–Crippen MR) is 105 cm³/mol. The third kappa shape index (κ3) is 2.88. The average Bonchev–Trinajstić information content (AvgIpc) is 3.05. The number of carbonyl (C=O) groups excluding carboxylic acids is 2. The number of hydrogen-bond donors (Lipinski definition) is 2. The molecule has 6 nitrogen and oxygen atoms in total. The molecule has 2 N–H and O–H groups in total. The van der Waals surface area contributed by atoms with Crippen molar-refractivity contribution in [2.45, 2.75) is 37.6 Å². The molecule has 1 aromatic carbocycles. The standard InChI is InChI=1S/C20H22ClN3O3/c1-3-9-24(2)18(25)14-11-12-10-13(21)16-15(17(12)27-14)20(23-19(26)22-16)7-5-4-6-8-20/h3,10-11H,1,4-9H2,2H3,(H2,22,23,26). The van der Waals surface area contributed by atoms with E-state index in [2.05, 4.69) is 17.2 Å². The van der Waals surface area contributed by atoms with Gasteiger partial charge in [0.2, 0.25) is 0 Å². The first-order valence-corrected chi connectivity index (χ1v) is 9.55. The van der Waals surface area contributed by atoms with Crippen molar-refractivity contribution in [1.82, 2.24) is 10.2 Å². The van der Waals surface area contributed by atoms with Crippen LogP contribution in [0.4, 0.5) is 10.5 Å². The largest absolute Gasteiger partial charge is 0.450 e. The summed E-state index contributed by atoms with van der Waals surface area (Å²) in [5, 5.41) is 7.15. The number of hydrogen-bond acceptors (Lipinski definition) is 3. The van der Waals surface area contributed by atoms with Gasteiger partial charge in [0, 0.05) is 24.5 Å². The lowest BCUT2D eigenvalue weighted by Gasteiger charge is -2.42. The van der Waals surface area contributed by atoms with Gasteiger partial charge in [0.1, 0.15) is 5.58 Å². The van der Waals surface area contributed by atoms with E-state index in [9.17, 15) is 9.59 Å². The SMILES string of the molecule is C=CCN(C)C(=O)c1cc2cc(Cl)c3c(c2o1)C1(CCCCC1)NC(=O)N3. The second-order valence-corrected chi connectivity index (χ2v) is 7.74. The van der Waals surface area contributed by atoms with Gasteiger partial charge in [-0.2, -0.15) is 0 Å². The van der Waals surface area contributed by atoms with Crippen molar-refractivity contribution in [3.63, 3.8) is 0 Å². The molecular weight excluding hydrogens is 366 g/mol. The molecule has 7 heteroatoms. The monoisotopic (exact) mass is 387 g/mol. The number of nitrogens with one attached hydrogen (secondary N) is 2. The number of carbonyl (C=O) groups is 2. The van der Waals surface area contributed by atoms with E-state index in [1.807, 2.05) is 0 Å². The Bertz CT molecular complexity index is 944. The number of likely N-dealkylation sites (N-methyl/N-ethyl adjacent to an activating group) is 1. The van der Waals surface area contributed by atoms with Gasteiger partial charge in [0.15, 0.2) is 5.76 Å². The molecule has 1 fully saturated rings. The zero-order chi connectivity index (χ0) is 19.2.